The summed E-state index contributed by atoms with van der Waals surface area (Å²) in [5.41, 5.74) is 1.24. The summed E-state index contributed by atoms with van der Waals surface area (Å²) in [6, 6.07) is 9.97. The lowest BCUT2D eigenvalue weighted by molar-refractivity contribution is -0.133. The van der Waals surface area contributed by atoms with Gasteiger partial charge in [0.25, 0.3) is 0 Å². The molecule has 1 fully saturated rings. The number of hydrogen-bond acceptors (Lipinski definition) is 3. The van der Waals surface area contributed by atoms with Crippen LogP contribution in [-0.4, -0.2) is 47.7 Å². The highest BCUT2D eigenvalue weighted by molar-refractivity contribution is 5.85. The highest BCUT2D eigenvalue weighted by Gasteiger charge is 2.30. The van der Waals surface area contributed by atoms with Gasteiger partial charge in [0.15, 0.2) is 0 Å². The number of likely N-dealkylation sites (N-methyl/N-ethyl adjacent to an activating group) is 1. The maximum absolute atomic E-state index is 12.3. The Morgan fingerprint density at radius 2 is 2.10 bits per heavy atom. The number of nitrogens with one attached hydrogen (secondary N) is 1. The summed E-state index contributed by atoms with van der Waals surface area (Å²) in [6.45, 7) is 3.95. The third-order valence-corrected chi connectivity index (χ3v) is 3.61. The molecule has 4 nitrogen and oxygen atoms in total. The van der Waals surface area contributed by atoms with Crippen molar-refractivity contribution < 1.29 is 9.90 Å². The summed E-state index contributed by atoms with van der Waals surface area (Å²) in [5, 5.41) is 12.6. The molecule has 0 aliphatic carbocycles. The van der Waals surface area contributed by atoms with E-state index in [1.807, 2.05) is 30.0 Å². The van der Waals surface area contributed by atoms with Gasteiger partial charge in [-0.1, -0.05) is 30.3 Å². The van der Waals surface area contributed by atoms with Gasteiger partial charge in [-0.15, -0.1) is 12.4 Å². The molecule has 1 amide bonds. The van der Waals surface area contributed by atoms with E-state index in [0.29, 0.717) is 19.5 Å². The van der Waals surface area contributed by atoms with Gasteiger partial charge in [-0.05, 0) is 25.3 Å². The van der Waals surface area contributed by atoms with Crippen molar-refractivity contribution in [3.05, 3.63) is 35.9 Å². The summed E-state index contributed by atoms with van der Waals surface area (Å²) in [6.07, 6.45) is 1.01. The van der Waals surface area contributed by atoms with E-state index < -0.39 is 0 Å². The molecule has 0 bridgehead atoms. The first-order chi connectivity index (χ1) is 9.20. The molecular formula is C15H23ClN2O2. The number of carbonyl (C=O) groups excluding carboxylic acids is 1. The molecule has 0 radical (unpaired) electrons. The number of rotatable bonds is 5. The first kappa shape index (κ1) is 17.0. The van der Waals surface area contributed by atoms with Crippen LogP contribution < -0.4 is 5.32 Å². The predicted molar refractivity (Wildman–Crippen MR) is 82.1 cm³/mol. The molecule has 2 unspecified atom stereocenters. The fourth-order valence-corrected chi connectivity index (χ4v) is 2.46. The molecule has 2 N–H and O–H groups in total. The number of aliphatic hydroxyl groups excluding tert-OH is 1. The van der Waals surface area contributed by atoms with Crippen LogP contribution in [-0.2, 0) is 11.2 Å². The summed E-state index contributed by atoms with van der Waals surface area (Å²) < 4.78 is 0. The Balaban J connectivity index is 0.00000200. The highest BCUT2D eigenvalue weighted by atomic mass is 35.5. The summed E-state index contributed by atoms with van der Waals surface area (Å²) in [4.78, 5) is 14.2. The van der Waals surface area contributed by atoms with E-state index in [0.717, 1.165) is 13.0 Å². The van der Waals surface area contributed by atoms with Gasteiger partial charge in [-0.2, -0.15) is 0 Å². The van der Waals surface area contributed by atoms with Crippen LogP contribution in [0.1, 0.15) is 18.9 Å². The molecule has 0 aromatic heterocycles. The molecule has 2 rings (SSSR count). The molecule has 0 spiro atoms. The minimum Gasteiger partial charge on any atom is -0.392 e. The summed E-state index contributed by atoms with van der Waals surface area (Å²) >= 11 is 0. The minimum atomic E-state index is -0.387. The molecular weight excluding hydrogens is 276 g/mol. The second-order valence-corrected chi connectivity index (χ2v) is 5.00. The molecule has 112 valence electrons. The fourth-order valence-electron chi connectivity index (χ4n) is 2.46. The van der Waals surface area contributed by atoms with Crippen LogP contribution in [0.3, 0.4) is 0 Å². The van der Waals surface area contributed by atoms with Crippen LogP contribution in [0, 0.1) is 0 Å². The Hall–Kier alpha value is -1.10. The smallest absolute Gasteiger partial charge is 0.239 e. The molecule has 1 aromatic rings. The van der Waals surface area contributed by atoms with Gasteiger partial charge < -0.3 is 15.3 Å². The zero-order valence-electron chi connectivity index (χ0n) is 11.8. The van der Waals surface area contributed by atoms with Gasteiger partial charge in [0, 0.05) is 19.6 Å². The third kappa shape index (κ3) is 4.47. The molecule has 1 aliphatic rings. The number of aliphatic hydroxyl groups is 1. The van der Waals surface area contributed by atoms with Crippen LogP contribution in [0.25, 0.3) is 0 Å². The largest absolute Gasteiger partial charge is 0.392 e. The quantitative estimate of drug-likeness (QED) is 0.859. The molecule has 5 heteroatoms. The Morgan fingerprint density at radius 3 is 2.65 bits per heavy atom. The van der Waals surface area contributed by atoms with Gasteiger partial charge in [0.2, 0.25) is 5.91 Å². The van der Waals surface area contributed by atoms with Gasteiger partial charge >= 0.3 is 0 Å². The van der Waals surface area contributed by atoms with Crippen LogP contribution in [0.5, 0.6) is 0 Å². The number of carbonyl (C=O) groups is 1. The minimum absolute atomic E-state index is 0. The van der Waals surface area contributed by atoms with E-state index in [9.17, 15) is 9.90 Å². The average molecular weight is 299 g/mol. The van der Waals surface area contributed by atoms with Crippen molar-refractivity contribution in [3.8, 4) is 0 Å². The third-order valence-electron chi connectivity index (χ3n) is 3.61. The topological polar surface area (TPSA) is 52.6 Å². The Kier molecular flexibility index (Phi) is 6.99. The number of nitrogens with zero attached hydrogens (tertiary/aromatic N) is 1. The number of benzene rings is 1. The lowest BCUT2D eigenvalue weighted by Gasteiger charge is -2.24. The van der Waals surface area contributed by atoms with Crippen molar-refractivity contribution in [2.45, 2.75) is 31.9 Å². The number of hydrogen-bond donors (Lipinski definition) is 2. The molecule has 20 heavy (non-hydrogen) atoms. The molecule has 1 saturated heterocycles. The van der Waals surface area contributed by atoms with E-state index in [2.05, 4.69) is 17.4 Å². The molecule has 1 aliphatic heterocycles. The lowest BCUT2D eigenvalue weighted by Crippen LogP contribution is -2.44. The van der Waals surface area contributed by atoms with Gasteiger partial charge in [0.1, 0.15) is 0 Å². The SMILES string of the molecule is CCN(CCc1ccccc1)C(=O)C1CC(O)CN1.Cl. The standard InChI is InChI=1S/C15H22N2O2.ClH/c1-2-17(9-8-12-6-4-3-5-7-12)15(19)14-10-13(18)11-16-14;/h3-7,13-14,16,18H,2,8-11H2,1H3;1H. The van der Waals surface area contributed by atoms with Crippen molar-refractivity contribution in [3.63, 3.8) is 0 Å². The van der Waals surface area contributed by atoms with Gasteiger partial charge in [-0.25, -0.2) is 0 Å². The van der Waals surface area contributed by atoms with Crippen LogP contribution in [0.4, 0.5) is 0 Å². The number of β-amino-alcohol motifs (C(OH)–C–C–N with tert-alkyl or cyclic N) is 1. The molecule has 2 atom stereocenters. The Labute approximate surface area is 126 Å². The first-order valence-corrected chi connectivity index (χ1v) is 6.95. The van der Waals surface area contributed by atoms with Crippen molar-refractivity contribution in [2.24, 2.45) is 0 Å². The first-order valence-electron chi connectivity index (χ1n) is 6.95. The van der Waals surface area contributed by atoms with E-state index in [4.69, 9.17) is 0 Å². The van der Waals surface area contributed by atoms with Crippen molar-refractivity contribution in [2.75, 3.05) is 19.6 Å². The summed E-state index contributed by atoms with van der Waals surface area (Å²) in [5.74, 6) is 0.106. The molecule has 1 heterocycles. The predicted octanol–water partition coefficient (Wildman–Crippen LogP) is 1.22. The molecule has 0 saturated carbocycles. The van der Waals surface area contributed by atoms with Crippen LogP contribution in [0.15, 0.2) is 30.3 Å². The number of amides is 1. The zero-order chi connectivity index (χ0) is 13.7. The van der Waals surface area contributed by atoms with Crippen molar-refractivity contribution >= 4 is 18.3 Å². The van der Waals surface area contributed by atoms with Crippen molar-refractivity contribution in [1.82, 2.24) is 10.2 Å². The second-order valence-electron chi connectivity index (χ2n) is 5.00. The lowest BCUT2D eigenvalue weighted by atomic mass is 10.1. The Bertz CT molecular complexity index is 414. The van der Waals surface area contributed by atoms with E-state index in [1.165, 1.54) is 5.56 Å². The normalized spacial score (nSPS) is 21.3. The van der Waals surface area contributed by atoms with E-state index in [1.54, 1.807) is 0 Å². The maximum atomic E-state index is 12.3. The van der Waals surface area contributed by atoms with E-state index in [-0.39, 0.29) is 30.5 Å². The molecule has 1 aromatic carbocycles. The van der Waals surface area contributed by atoms with Gasteiger partial charge in [0.05, 0.1) is 12.1 Å². The number of halogens is 1. The maximum Gasteiger partial charge on any atom is 0.239 e. The van der Waals surface area contributed by atoms with Crippen LogP contribution in [0.2, 0.25) is 0 Å². The van der Waals surface area contributed by atoms with Crippen molar-refractivity contribution in [1.29, 1.82) is 0 Å². The van der Waals surface area contributed by atoms with Crippen LogP contribution >= 0.6 is 12.4 Å². The second kappa shape index (κ2) is 8.25. The van der Waals surface area contributed by atoms with E-state index >= 15 is 0 Å². The fraction of sp³-hybridized carbons (Fsp3) is 0.533. The monoisotopic (exact) mass is 298 g/mol. The summed E-state index contributed by atoms with van der Waals surface area (Å²) in [7, 11) is 0. The Morgan fingerprint density at radius 1 is 1.40 bits per heavy atom. The van der Waals surface area contributed by atoms with Gasteiger partial charge in [-0.3, -0.25) is 4.79 Å². The zero-order valence-corrected chi connectivity index (χ0v) is 12.6. The highest BCUT2D eigenvalue weighted by Crippen LogP contribution is 2.10. The average Bonchev–Trinajstić information content (AvgIpc) is 2.87.